The normalized spacial score (nSPS) is 10.8. The van der Waals surface area contributed by atoms with Crippen LogP contribution in [-0.4, -0.2) is 34.3 Å². The minimum atomic E-state index is -0.755. The number of carbonyl (C=O) groups is 3. The lowest BCUT2D eigenvalue weighted by atomic mass is 10.1. The van der Waals surface area contributed by atoms with Crippen LogP contribution in [0.2, 0.25) is 0 Å². The van der Waals surface area contributed by atoms with Crippen LogP contribution in [0, 0.1) is 0 Å². The summed E-state index contributed by atoms with van der Waals surface area (Å²) in [6, 6.07) is 22.2. The number of furan rings is 1. The van der Waals surface area contributed by atoms with Crippen LogP contribution >= 0.6 is 0 Å². The lowest BCUT2D eigenvalue weighted by molar-refractivity contribution is -0.143. The fourth-order valence-corrected chi connectivity index (χ4v) is 3.36. The van der Waals surface area contributed by atoms with Crippen molar-refractivity contribution in [2.45, 2.75) is 13.1 Å². The molecule has 2 aromatic heterocycles. The summed E-state index contributed by atoms with van der Waals surface area (Å²) in [6.45, 7) is 0.0909. The van der Waals surface area contributed by atoms with Crippen LogP contribution in [0.25, 0.3) is 17.3 Å². The third-order valence-electron chi connectivity index (χ3n) is 5.03. The minimum absolute atomic E-state index is 0.121. The number of ether oxygens (including phenoxy) is 1. The number of imide groups is 1. The fraction of sp³-hybridized carbons (Fsp3) is 0.111. The van der Waals surface area contributed by atoms with E-state index in [4.69, 9.17) is 14.3 Å². The van der Waals surface area contributed by atoms with Crippen molar-refractivity contribution >= 4 is 24.0 Å². The van der Waals surface area contributed by atoms with Gasteiger partial charge in [0.2, 0.25) is 0 Å². The summed E-state index contributed by atoms with van der Waals surface area (Å²) >= 11 is 0. The Morgan fingerprint density at radius 1 is 0.972 bits per heavy atom. The first-order valence-electron chi connectivity index (χ1n) is 11.2. The maximum atomic E-state index is 12.2. The summed E-state index contributed by atoms with van der Waals surface area (Å²) in [6.07, 6.45) is 6.13. The summed E-state index contributed by atoms with van der Waals surface area (Å²) in [4.78, 5) is 35.9. The zero-order valence-electron chi connectivity index (χ0n) is 19.3. The predicted octanol–water partition coefficient (Wildman–Crippen LogP) is 3.77. The standard InChI is InChI=1S/C27H24N4O5/c32-24(29-27(34)28-16-23-12-7-15-35-23)19-36-25(33)14-13-22-18-31(17-20-8-3-1-4-9-20)30-26(22)21-10-5-2-6-11-21/h1-15,18H,16-17,19H2,(H2,28,29,32,34)/b14-13+. The van der Waals surface area contributed by atoms with Crippen molar-refractivity contribution in [1.29, 1.82) is 0 Å². The Morgan fingerprint density at radius 2 is 1.72 bits per heavy atom. The van der Waals surface area contributed by atoms with Gasteiger partial charge in [-0.2, -0.15) is 5.10 Å². The summed E-state index contributed by atoms with van der Waals surface area (Å²) < 4.78 is 11.9. The Morgan fingerprint density at radius 3 is 2.44 bits per heavy atom. The molecule has 4 rings (SSSR count). The van der Waals surface area contributed by atoms with Gasteiger partial charge in [0.25, 0.3) is 5.91 Å². The Balaban J connectivity index is 1.34. The molecule has 0 spiro atoms. The van der Waals surface area contributed by atoms with E-state index >= 15 is 0 Å². The molecule has 0 aliphatic rings. The molecule has 0 radical (unpaired) electrons. The van der Waals surface area contributed by atoms with Gasteiger partial charge in [-0.1, -0.05) is 60.7 Å². The van der Waals surface area contributed by atoms with Gasteiger partial charge in [0.05, 0.1) is 25.0 Å². The number of rotatable bonds is 9. The molecule has 182 valence electrons. The van der Waals surface area contributed by atoms with Crippen LogP contribution in [0.4, 0.5) is 4.79 Å². The van der Waals surface area contributed by atoms with E-state index in [2.05, 4.69) is 10.6 Å². The molecule has 36 heavy (non-hydrogen) atoms. The van der Waals surface area contributed by atoms with Crippen molar-refractivity contribution in [3.05, 3.63) is 108 Å². The second-order valence-electron chi connectivity index (χ2n) is 7.73. The van der Waals surface area contributed by atoms with Gasteiger partial charge in [0.15, 0.2) is 6.61 Å². The first kappa shape index (κ1) is 24.2. The molecule has 3 amide bonds. The third-order valence-corrected chi connectivity index (χ3v) is 5.03. The molecule has 0 bridgehead atoms. The van der Waals surface area contributed by atoms with Crippen LogP contribution < -0.4 is 10.6 Å². The number of hydrogen-bond acceptors (Lipinski definition) is 6. The number of hydrogen-bond donors (Lipinski definition) is 2. The quantitative estimate of drug-likeness (QED) is 0.276. The number of esters is 1. The smallest absolute Gasteiger partial charge is 0.331 e. The number of carbonyl (C=O) groups excluding carboxylic acids is 3. The molecule has 0 atom stereocenters. The van der Waals surface area contributed by atoms with Crippen molar-refractivity contribution in [2.75, 3.05) is 6.61 Å². The van der Waals surface area contributed by atoms with E-state index in [0.29, 0.717) is 18.0 Å². The van der Waals surface area contributed by atoms with E-state index in [1.807, 2.05) is 66.9 Å². The van der Waals surface area contributed by atoms with E-state index in [0.717, 1.165) is 16.7 Å². The molecule has 2 heterocycles. The molecule has 9 nitrogen and oxygen atoms in total. The lowest BCUT2D eigenvalue weighted by Crippen LogP contribution is -2.41. The van der Waals surface area contributed by atoms with Gasteiger partial charge in [-0.15, -0.1) is 0 Å². The van der Waals surface area contributed by atoms with Crippen LogP contribution in [0.5, 0.6) is 0 Å². The molecule has 0 aliphatic heterocycles. The number of urea groups is 1. The van der Waals surface area contributed by atoms with Crippen molar-refractivity contribution in [2.24, 2.45) is 0 Å². The fourth-order valence-electron chi connectivity index (χ4n) is 3.36. The third kappa shape index (κ3) is 7.04. The highest BCUT2D eigenvalue weighted by molar-refractivity contribution is 5.96. The van der Waals surface area contributed by atoms with Crippen LogP contribution in [0.3, 0.4) is 0 Å². The minimum Gasteiger partial charge on any atom is -0.467 e. The van der Waals surface area contributed by atoms with Gasteiger partial charge in [0.1, 0.15) is 5.76 Å². The number of nitrogens with one attached hydrogen (secondary N) is 2. The lowest BCUT2D eigenvalue weighted by Gasteiger charge is -2.05. The average Bonchev–Trinajstić information content (AvgIpc) is 3.56. The van der Waals surface area contributed by atoms with E-state index in [9.17, 15) is 14.4 Å². The molecular formula is C27H24N4O5. The first-order chi connectivity index (χ1) is 17.6. The molecular weight excluding hydrogens is 460 g/mol. The molecule has 2 N–H and O–H groups in total. The zero-order chi connectivity index (χ0) is 25.2. The van der Waals surface area contributed by atoms with E-state index < -0.39 is 24.5 Å². The molecule has 0 aliphatic carbocycles. The SMILES string of the molecule is O=C(COC(=O)/C=C/c1cn(Cc2ccccc2)nc1-c1ccccc1)NC(=O)NCc1ccco1. The zero-order valence-corrected chi connectivity index (χ0v) is 19.3. The number of amides is 3. The summed E-state index contributed by atoms with van der Waals surface area (Å²) in [5.41, 5.74) is 3.42. The molecule has 9 heteroatoms. The Labute approximate surface area is 207 Å². The van der Waals surface area contributed by atoms with Crippen molar-refractivity contribution in [3.63, 3.8) is 0 Å². The second kappa shape index (κ2) is 12.0. The summed E-state index contributed by atoms with van der Waals surface area (Å²) in [5.74, 6) is -0.943. The molecule has 0 fully saturated rings. The second-order valence-corrected chi connectivity index (χ2v) is 7.73. The molecule has 0 saturated heterocycles. The first-order valence-corrected chi connectivity index (χ1v) is 11.2. The van der Waals surface area contributed by atoms with E-state index in [1.54, 1.807) is 22.9 Å². The topological polar surface area (TPSA) is 115 Å². The number of benzene rings is 2. The van der Waals surface area contributed by atoms with Gasteiger partial charge >= 0.3 is 12.0 Å². The van der Waals surface area contributed by atoms with Crippen LogP contribution in [0.15, 0.2) is 95.7 Å². The van der Waals surface area contributed by atoms with Gasteiger partial charge in [0, 0.05) is 23.4 Å². The Hall–Kier alpha value is -4.92. The maximum absolute atomic E-state index is 12.2. The average molecular weight is 485 g/mol. The molecule has 2 aromatic carbocycles. The van der Waals surface area contributed by atoms with E-state index in [-0.39, 0.29) is 6.54 Å². The highest BCUT2D eigenvalue weighted by Crippen LogP contribution is 2.23. The van der Waals surface area contributed by atoms with Gasteiger partial charge in [-0.3, -0.25) is 14.8 Å². The van der Waals surface area contributed by atoms with Gasteiger partial charge < -0.3 is 14.5 Å². The Bertz CT molecular complexity index is 1330. The number of nitrogens with zero attached hydrogens (tertiary/aromatic N) is 2. The molecule has 0 unspecified atom stereocenters. The predicted molar refractivity (Wildman–Crippen MR) is 132 cm³/mol. The van der Waals surface area contributed by atoms with Crippen molar-refractivity contribution < 1.29 is 23.5 Å². The van der Waals surface area contributed by atoms with Crippen molar-refractivity contribution in [1.82, 2.24) is 20.4 Å². The monoisotopic (exact) mass is 484 g/mol. The Kier molecular flexibility index (Phi) is 8.06. The number of aromatic nitrogens is 2. The van der Waals surface area contributed by atoms with Crippen LogP contribution in [-0.2, 0) is 27.4 Å². The molecule has 0 saturated carbocycles. The van der Waals surface area contributed by atoms with Gasteiger partial charge in [-0.25, -0.2) is 9.59 Å². The van der Waals surface area contributed by atoms with Crippen LogP contribution in [0.1, 0.15) is 16.9 Å². The summed E-state index contributed by atoms with van der Waals surface area (Å²) in [5, 5.41) is 9.24. The van der Waals surface area contributed by atoms with E-state index in [1.165, 1.54) is 12.3 Å². The largest absolute Gasteiger partial charge is 0.467 e. The maximum Gasteiger partial charge on any atom is 0.331 e. The summed E-state index contributed by atoms with van der Waals surface area (Å²) in [7, 11) is 0. The van der Waals surface area contributed by atoms with Gasteiger partial charge in [-0.05, 0) is 23.8 Å². The highest BCUT2D eigenvalue weighted by Gasteiger charge is 2.12. The highest BCUT2D eigenvalue weighted by atomic mass is 16.5. The molecule has 4 aromatic rings. The van der Waals surface area contributed by atoms with Crippen molar-refractivity contribution in [3.8, 4) is 11.3 Å².